The molecule has 1 heterocycles. The Balaban J connectivity index is 2.03. The van der Waals surface area contributed by atoms with Gasteiger partial charge < -0.3 is 14.8 Å². The molecule has 0 saturated carbocycles. The van der Waals surface area contributed by atoms with Gasteiger partial charge in [0.25, 0.3) is 0 Å². The van der Waals surface area contributed by atoms with Gasteiger partial charge in [0, 0.05) is 19.6 Å². The summed E-state index contributed by atoms with van der Waals surface area (Å²) in [4.78, 5) is 14.2. The minimum Gasteiger partial charge on any atom is -0.460 e. The van der Waals surface area contributed by atoms with Gasteiger partial charge in [0.05, 0.1) is 19.1 Å². The van der Waals surface area contributed by atoms with Crippen molar-refractivity contribution in [3.8, 4) is 0 Å². The quantitative estimate of drug-likeness (QED) is 0.564. The van der Waals surface area contributed by atoms with Crippen LogP contribution in [0.1, 0.15) is 34.1 Å². The summed E-state index contributed by atoms with van der Waals surface area (Å²) in [5, 5.41) is 3.33. The molecule has 0 aromatic rings. The molecule has 0 aromatic carbocycles. The second-order valence-corrected chi connectivity index (χ2v) is 6.45. The molecule has 1 rings (SSSR count). The highest BCUT2D eigenvalue weighted by Gasteiger charge is 2.21. The zero-order valence-electron chi connectivity index (χ0n) is 13.4. The summed E-state index contributed by atoms with van der Waals surface area (Å²) in [5.74, 6) is -0.226. The summed E-state index contributed by atoms with van der Waals surface area (Å²) in [6.45, 7) is 14.1. The molecule has 20 heavy (non-hydrogen) atoms. The number of hydrogen-bond acceptors (Lipinski definition) is 5. The molecule has 118 valence electrons. The lowest BCUT2D eigenvalue weighted by Gasteiger charge is -2.26. The Labute approximate surface area is 123 Å². The van der Waals surface area contributed by atoms with Crippen molar-refractivity contribution < 1.29 is 14.3 Å². The van der Waals surface area contributed by atoms with Gasteiger partial charge in [-0.3, -0.25) is 9.69 Å². The highest BCUT2D eigenvalue weighted by atomic mass is 16.6. The first-order valence-electron chi connectivity index (χ1n) is 7.62. The molecular weight excluding hydrogens is 256 g/mol. The molecule has 5 heteroatoms. The van der Waals surface area contributed by atoms with E-state index in [1.165, 1.54) is 0 Å². The van der Waals surface area contributed by atoms with Crippen LogP contribution in [0, 0.1) is 5.92 Å². The minimum atomic E-state index is -0.401. The van der Waals surface area contributed by atoms with Crippen molar-refractivity contribution in [2.24, 2.45) is 5.92 Å². The van der Waals surface area contributed by atoms with Gasteiger partial charge in [-0.05, 0) is 40.3 Å². The number of esters is 1. The van der Waals surface area contributed by atoms with E-state index >= 15 is 0 Å². The van der Waals surface area contributed by atoms with Crippen molar-refractivity contribution in [3.05, 3.63) is 0 Å². The molecule has 0 amide bonds. The van der Waals surface area contributed by atoms with E-state index in [4.69, 9.17) is 9.47 Å². The average Bonchev–Trinajstić information content (AvgIpc) is 2.37. The molecule has 1 N–H and O–H groups in total. The van der Waals surface area contributed by atoms with Crippen LogP contribution in [0.4, 0.5) is 0 Å². The summed E-state index contributed by atoms with van der Waals surface area (Å²) < 4.78 is 10.7. The van der Waals surface area contributed by atoms with Gasteiger partial charge in [0.2, 0.25) is 0 Å². The van der Waals surface area contributed by atoms with Crippen LogP contribution in [-0.2, 0) is 14.3 Å². The Kier molecular flexibility index (Phi) is 7.48. The topological polar surface area (TPSA) is 50.8 Å². The molecule has 1 aliphatic rings. The molecule has 1 atom stereocenters. The molecule has 0 radical (unpaired) electrons. The van der Waals surface area contributed by atoms with E-state index in [1.807, 2.05) is 27.7 Å². The Hall–Kier alpha value is -0.650. The normalized spacial score (nSPS) is 18.8. The first kappa shape index (κ1) is 17.4. The first-order valence-corrected chi connectivity index (χ1v) is 7.62. The van der Waals surface area contributed by atoms with Crippen molar-refractivity contribution in [2.45, 2.75) is 39.7 Å². The largest absolute Gasteiger partial charge is 0.460 e. The monoisotopic (exact) mass is 286 g/mol. The van der Waals surface area contributed by atoms with Crippen molar-refractivity contribution in [3.63, 3.8) is 0 Å². The number of carbonyl (C=O) groups is 1. The number of ether oxygens (including phenoxy) is 2. The van der Waals surface area contributed by atoms with Gasteiger partial charge in [-0.1, -0.05) is 6.92 Å². The van der Waals surface area contributed by atoms with Crippen LogP contribution in [0.3, 0.4) is 0 Å². The highest BCUT2D eigenvalue weighted by Crippen LogP contribution is 2.10. The zero-order valence-corrected chi connectivity index (χ0v) is 13.4. The maximum Gasteiger partial charge on any atom is 0.310 e. The number of hydrogen-bond donors (Lipinski definition) is 1. The summed E-state index contributed by atoms with van der Waals surface area (Å²) in [6.07, 6.45) is 1.10. The smallest absolute Gasteiger partial charge is 0.310 e. The van der Waals surface area contributed by atoms with Gasteiger partial charge in [0.1, 0.15) is 5.60 Å². The second kappa shape index (κ2) is 8.60. The maximum absolute atomic E-state index is 11.8. The Morgan fingerprint density at radius 2 is 2.00 bits per heavy atom. The van der Waals surface area contributed by atoms with Crippen LogP contribution in [0.25, 0.3) is 0 Å². The fourth-order valence-electron chi connectivity index (χ4n) is 2.06. The molecular formula is C15H30N2O3. The summed E-state index contributed by atoms with van der Waals surface area (Å²) >= 11 is 0. The number of carbonyl (C=O) groups excluding carboxylic acids is 1. The SMILES string of the molecule is C[C@H](CNCCCN1CCOCC1)C(=O)OC(C)(C)C. The average molecular weight is 286 g/mol. The van der Waals surface area contributed by atoms with Crippen LogP contribution < -0.4 is 5.32 Å². The van der Waals surface area contributed by atoms with Gasteiger partial charge >= 0.3 is 5.97 Å². The number of nitrogens with one attached hydrogen (secondary N) is 1. The van der Waals surface area contributed by atoms with Crippen LogP contribution in [-0.4, -0.2) is 62.4 Å². The van der Waals surface area contributed by atoms with E-state index < -0.39 is 5.60 Å². The number of nitrogens with zero attached hydrogens (tertiary/aromatic N) is 1. The Morgan fingerprint density at radius 1 is 1.35 bits per heavy atom. The first-order chi connectivity index (χ1) is 9.38. The van der Waals surface area contributed by atoms with Gasteiger partial charge in [-0.15, -0.1) is 0 Å². The number of morpholine rings is 1. The van der Waals surface area contributed by atoms with Gasteiger partial charge in [-0.2, -0.15) is 0 Å². The summed E-state index contributed by atoms with van der Waals surface area (Å²) in [5.41, 5.74) is -0.401. The lowest BCUT2D eigenvalue weighted by Crippen LogP contribution is -2.38. The molecule has 5 nitrogen and oxygen atoms in total. The van der Waals surface area contributed by atoms with Crippen LogP contribution in [0.5, 0.6) is 0 Å². The van der Waals surface area contributed by atoms with Crippen LogP contribution in [0.2, 0.25) is 0 Å². The predicted molar refractivity (Wildman–Crippen MR) is 79.8 cm³/mol. The fourth-order valence-corrected chi connectivity index (χ4v) is 2.06. The maximum atomic E-state index is 11.8. The van der Waals surface area contributed by atoms with Crippen molar-refractivity contribution in [1.29, 1.82) is 0 Å². The third-order valence-electron chi connectivity index (χ3n) is 3.19. The molecule has 1 aliphatic heterocycles. The molecule has 0 spiro atoms. The highest BCUT2D eigenvalue weighted by molar-refractivity contribution is 5.72. The number of rotatable bonds is 7. The minimum absolute atomic E-state index is 0.0994. The Morgan fingerprint density at radius 3 is 2.60 bits per heavy atom. The van der Waals surface area contributed by atoms with E-state index in [9.17, 15) is 4.79 Å². The lowest BCUT2D eigenvalue weighted by atomic mass is 10.1. The van der Waals surface area contributed by atoms with E-state index in [0.29, 0.717) is 6.54 Å². The standard InChI is InChI=1S/C15H30N2O3/c1-13(14(18)20-15(2,3)4)12-16-6-5-7-17-8-10-19-11-9-17/h13,16H,5-12H2,1-4H3/t13-/m1/s1. The summed E-state index contributed by atoms with van der Waals surface area (Å²) in [6, 6.07) is 0. The van der Waals surface area contributed by atoms with E-state index in [0.717, 1.165) is 45.8 Å². The summed E-state index contributed by atoms with van der Waals surface area (Å²) in [7, 11) is 0. The predicted octanol–water partition coefficient (Wildman–Crippen LogP) is 1.28. The van der Waals surface area contributed by atoms with E-state index in [2.05, 4.69) is 10.2 Å². The molecule has 0 bridgehead atoms. The molecule has 0 unspecified atom stereocenters. The lowest BCUT2D eigenvalue weighted by molar-refractivity contribution is -0.159. The van der Waals surface area contributed by atoms with Crippen LogP contribution >= 0.6 is 0 Å². The third kappa shape index (κ3) is 7.82. The van der Waals surface area contributed by atoms with Crippen molar-refractivity contribution in [2.75, 3.05) is 45.9 Å². The van der Waals surface area contributed by atoms with E-state index in [1.54, 1.807) is 0 Å². The molecule has 0 aromatic heterocycles. The van der Waals surface area contributed by atoms with Gasteiger partial charge in [-0.25, -0.2) is 0 Å². The second-order valence-electron chi connectivity index (χ2n) is 6.45. The van der Waals surface area contributed by atoms with Gasteiger partial charge in [0.15, 0.2) is 0 Å². The Bertz CT molecular complexity index is 283. The zero-order chi connectivity index (χ0) is 15.0. The third-order valence-corrected chi connectivity index (χ3v) is 3.19. The molecule has 0 aliphatic carbocycles. The van der Waals surface area contributed by atoms with Crippen LogP contribution in [0.15, 0.2) is 0 Å². The fraction of sp³-hybridized carbons (Fsp3) is 0.933. The van der Waals surface area contributed by atoms with E-state index in [-0.39, 0.29) is 11.9 Å². The molecule has 1 saturated heterocycles. The molecule has 1 fully saturated rings. The van der Waals surface area contributed by atoms with Crippen molar-refractivity contribution >= 4 is 5.97 Å². The van der Waals surface area contributed by atoms with Crippen molar-refractivity contribution in [1.82, 2.24) is 10.2 Å².